The molecule has 0 aliphatic rings. The maximum atomic E-state index is 12.2. The largest absolute Gasteiger partial charge is 0.507 e. The summed E-state index contributed by atoms with van der Waals surface area (Å²) in [5, 5.41) is 14.4. The molecule has 0 unspecified atom stereocenters. The van der Waals surface area contributed by atoms with Crippen LogP contribution >= 0.6 is 0 Å². The Kier molecular flexibility index (Phi) is 13.2. The molecular formula is C52H54N3OPt-. The van der Waals surface area contributed by atoms with Crippen LogP contribution in [0.3, 0.4) is 0 Å². The third-order valence-electron chi connectivity index (χ3n) is 10.9. The Bertz CT molecular complexity index is 2460. The first-order valence-electron chi connectivity index (χ1n) is 20.2. The van der Waals surface area contributed by atoms with E-state index in [0.717, 1.165) is 61.5 Å². The number of phenols is 1. The van der Waals surface area contributed by atoms with Crippen LogP contribution in [0.25, 0.3) is 50.2 Å². The van der Waals surface area contributed by atoms with Crippen molar-refractivity contribution in [2.45, 2.75) is 91.9 Å². The van der Waals surface area contributed by atoms with E-state index in [9.17, 15) is 5.11 Å². The van der Waals surface area contributed by atoms with Crippen molar-refractivity contribution in [1.82, 2.24) is 14.5 Å². The molecule has 2 heterocycles. The predicted octanol–water partition coefficient (Wildman–Crippen LogP) is 13.8. The van der Waals surface area contributed by atoms with Gasteiger partial charge in [-0.15, -0.1) is 35.9 Å². The minimum absolute atomic E-state index is 0. The summed E-state index contributed by atoms with van der Waals surface area (Å²) in [4.78, 5) is 10.0. The Morgan fingerprint density at radius 3 is 1.89 bits per heavy atom. The van der Waals surface area contributed by atoms with Crippen LogP contribution in [0.2, 0.25) is 0 Å². The fraction of sp³-hybridized carbons (Fsp3) is 0.269. The van der Waals surface area contributed by atoms with Crippen LogP contribution in [0.15, 0.2) is 128 Å². The van der Waals surface area contributed by atoms with Gasteiger partial charge in [-0.05, 0) is 116 Å². The third-order valence-corrected chi connectivity index (χ3v) is 10.9. The number of benzene rings is 5. The van der Waals surface area contributed by atoms with Crippen molar-refractivity contribution in [2.75, 3.05) is 0 Å². The van der Waals surface area contributed by atoms with Crippen molar-refractivity contribution in [3.63, 3.8) is 0 Å². The molecule has 0 aliphatic heterocycles. The summed E-state index contributed by atoms with van der Waals surface area (Å²) in [6.45, 7) is 17.9. The van der Waals surface area contributed by atoms with Crippen LogP contribution in [0.5, 0.6) is 5.75 Å². The first-order valence-corrected chi connectivity index (χ1v) is 20.2. The van der Waals surface area contributed by atoms with E-state index in [4.69, 9.17) is 9.97 Å². The number of pyridine rings is 1. The molecule has 2 aromatic heterocycles. The Labute approximate surface area is 354 Å². The average molecular weight is 932 g/mol. The molecule has 7 rings (SSSR count). The van der Waals surface area contributed by atoms with E-state index < -0.39 is 0 Å². The number of rotatable bonds is 12. The molecule has 0 bridgehead atoms. The van der Waals surface area contributed by atoms with Crippen LogP contribution in [-0.4, -0.2) is 19.6 Å². The molecule has 0 saturated heterocycles. The maximum Gasteiger partial charge on any atom is 0.148 e. The zero-order chi connectivity index (χ0) is 39.5. The molecule has 0 spiro atoms. The van der Waals surface area contributed by atoms with Gasteiger partial charge in [-0.1, -0.05) is 116 Å². The summed E-state index contributed by atoms with van der Waals surface area (Å²) in [6.07, 6.45) is 9.41. The standard InChI is InChI=1S/C52H54N3O.Pt/c1-33(2)40-25-41(34(3)4)28-44(27-40)45-24-39(19-12-14-20-46-29-38-18-13-15-21-48(38)50(54-46)37-16-10-9-11-17-37)51(56)49(32-45)52-53-22-23-55(52)47-30-42(35(5)6)26-43(31-47)36(7)8;/h9-16,18,21-36,56H,19-20H2,1-8H3;/q-1;/b14-12-;. The van der Waals surface area contributed by atoms with Crippen LogP contribution in [0, 0.1) is 6.07 Å². The van der Waals surface area contributed by atoms with E-state index >= 15 is 0 Å². The van der Waals surface area contributed by atoms with Crippen LogP contribution in [0.4, 0.5) is 0 Å². The topological polar surface area (TPSA) is 50.9 Å². The Morgan fingerprint density at radius 2 is 1.26 bits per heavy atom. The van der Waals surface area contributed by atoms with Crippen molar-refractivity contribution in [2.24, 2.45) is 0 Å². The Balaban J connectivity index is 0.00000549. The maximum absolute atomic E-state index is 12.2. The second-order valence-corrected chi connectivity index (χ2v) is 16.4. The van der Waals surface area contributed by atoms with Crippen molar-refractivity contribution in [1.29, 1.82) is 0 Å². The van der Waals surface area contributed by atoms with E-state index in [1.807, 2.05) is 30.6 Å². The van der Waals surface area contributed by atoms with Gasteiger partial charge in [0.25, 0.3) is 0 Å². The number of aromatic nitrogens is 3. The molecule has 0 fully saturated rings. The molecule has 294 valence electrons. The summed E-state index contributed by atoms with van der Waals surface area (Å²) in [7, 11) is 0. The molecule has 4 nitrogen and oxygen atoms in total. The van der Waals surface area contributed by atoms with E-state index in [1.54, 1.807) is 0 Å². The van der Waals surface area contributed by atoms with Gasteiger partial charge in [-0.2, -0.15) is 0 Å². The molecule has 5 heteroatoms. The van der Waals surface area contributed by atoms with Gasteiger partial charge in [-0.25, -0.2) is 4.98 Å². The summed E-state index contributed by atoms with van der Waals surface area (Å²) < 4.78 is 2.13. The molecule has 0 amide bonds. The zero-order valence-electron chi connectivity index (χ0n) is 34.5. The number of phenolic OH excluding ortho intramolecular Hbond substituents is 1. The molecule has 5 aromatic carbocycles. The normalized spacial score (nSPS) is 11.8. The van der Waals surface area contributed by atoms with Gasteiger partial charge < -0.3 is 10.1 Å². The summed E-state index contributed by atoms with van der Waals surface area (Å²) in [6, 6.07) is 40.1. The third kappa shape index (κ3) is 9.24. The smallest absolute Gasteiger partial charge is 0.148 e. The van der Waals surface area contributed by atoms with Crippen molar-refractivity contribution in [3.05, 3.63) is 167 Å². The summed E-state index contributed by atoms with van der Waals surface area (Å²) in [5.41, 5.74) is 13.0. The Morgan fingerprint density at radius 1 is 0.667 bits per heavy atom. The van der Waals surface area contributed by atoms with Crippen LogP contribution < -0.4 is 0 Å². The molecule has 1 N–H and O–H groups in total. The van der Waals surface area contributed by atoms with E-state index in [1.165, 1.54) is 22.3 Å². The van der Waals surface area contributed by atoms with E-state index in [2.05, 4.69) is 163 Å². The fourth-order valence-electron chi connectivity index (χ4n) is 7.39. The first-order chi connectivity index (χ1) is 27.0. The number of fused-ring (bicyclic) bond motifs is 1. The minimum atomic E-state index is 0. The second-order valence-electron chi connectivity index (χ2n) is 16.4. The number of hydrogen-bond acceptors (Lipinski definition) is 3. The van der Waals surface area contributed by atoms with Gasteiger partial charge in [0.05, 0.1) is 5.56 Å². The molecule has 0 aliphatic carbocycles. The van der Waals surface area contributed by atoms with Gasteiger partial charge in [0.1, 0.15) is 11.6 Å². The second kappa shape index (κ2) is 18.0. The first kappa shape index (κ1) is 41.6. The van der Waals surface area contributed by atoms with Gasteiger partial charge in [0, 0.05) is 51.3 Å². The van der Waals surface area contributed by atoms with E-state index in [-0.39, 0.29) is 26.8 Å². The number of hydrogen-bond donors (Lipinski definition) is 1. The molecular weight excluding hydrogens is 878 g/mol. The summed E-state index contributed by atoms with van der Waals surface area (Å²) >= 11 is 0. The zero-order valence-corrected chi connectivity index (χ0v) is 36.7. The van der Waals surface area contributed by atoms with Crippen molar-refractivity contribution >= 4 is 10.8 Å². The minimum Gasteiger partial charge on any atom is -0.507 e. The number of imidazole rings is 1. The van der Waals surface area contributed by atoms with Crippen molar-refractivity contribution < 1.29 is 26.2 Å². The molecule has 0 saturated carbocycles. The summed E-state index contributed by atoms with van der Waals surface area (Å²) in [5.74, 6) is 2.51. The van der Waals surface area contributed by atoms with Crippen LogP contribution in [-0.2, 0) is 33.9 Å². The monoisotopic (exact) mass is 931 g/mol. The van der Waals surface area contributed by atoms with Gasteiger partial charge >= 0.3 is 0 Å². The number of nitrogens with zero attached hydrogens (tertiary/aromatic N) is 3. The van der Waals surface area contributed by atoms with E-state index in [0.29, 0.717) is 36.5 Å². The van der Waals surface area contributed by atoms with Gasteiger partial charge in [-0.3, -0.25) is 4.57 Å². The Hall–Kier alpha value is -5.05. The number of aromatic hydroxyl groups is 1. The SMILES string of the molecule is CC(C)c1cc(-c2cc(C/C=C\Cc3cc4ccccc4c(-c4[c-]cccc4)n3)c(O)c(-c3nccn3-c3cc(C(C)C)cc(C(C)C)c3)c2)cc(C(C)C)c1.[Pt]. The predicted molar refractivity (Wildman–Crippen MR) is 235 cm³/mol. The molecule has 0 radical (unpaired) electrons. The fourth-order valence-corrected chi connectivity index (χ4v) is 7.39. The van der Waals surface area contributed by atoms with Crippen molar-refractivity contribution in [3.8, 4) is 45.2 Å². The molecule has 0 atom stereocenters. The average Bonchev–Trinajstić information content (AvgIpc) is 3.69. The molecule has 57 heavy (non-hydrogen) atoms. The van der Waals surface area contributed by atoms with Gasteiger partial charge in [0.15, 0.2) is 0 Å². The molecule has 7 aromatic rings. The van der Waals surface area contributed by atoms with Crippen LogP contribution in [0.1, 0.15) is 113 Å². The van der Waals surface area contributed by atoms with Gasteiger partial charge in [0.2, 0.25) is 0 Å². The quantitative estimate of drug-likeness (QED) is 0.0981. The number of allylic oxidation sites excluding steroid dienone is 2.